The minimum atomic E-state index is -0.449. The molecule has 26 heavy (non-hydrogen) atoms. The third kappa shape index (κ3) is 6.45. The number of rotatable bonds is 7. The highest BCUT2D eigenvalue weighted by atomic mass is 16.2. The van der Waals surface area contributed by atoms with E-state index in [1.54, 1.807) is 6.92 Å². The summed E-state index contributed by atoms with van der Waals surface area (Å²) in [6, 6.07) is 7.90. The summed E-state index contributed by atoms with van der Waals surface area (Å²) < 4.78 is 0. The minimum Gasteiger partial charge on any atom is -0.335 e. The van der Waals surface area contributed by atoms with E-state index in [-0.39, 0.29) is 24.0 Å². The molecule has 2 atom stereocenters. The number of amides is 3. The van der Waals surface area contributed by atoms with Crippen molar-refractivity contribution in [1.82, 2.24) is 16.0 Å². The van der Waals surface area contributed by atoms with Crippen LogP contribution < -0.4 is 16.0 Å². The fourth-order valence-corrected chi connectivity index (χ4v) is 3.47. The van der Waals surface area contributed by atoms with Crippen LogP contribution in [0.5, 0.6) is 0 Å². The van der Waals surface area contributed by atoms with Gasteiger partial charge in [-0.1, -0.05) is 51.0 Å². The normalized spacial score (nSPS) is 17.1. The third-order valence-corrected chi connectivity index (χ3v) is 4.94. The molecule has 0 spiro atoms. The van der Waals surface area contributed by atoms with E-state index in [0.717, 1.165) is 37.7 Å². The highest BCUT2D eigenvalue weighted by molar-refractivity contribution is 5.96. The molecule has 3 amide bonds. The first kappa shape index (κ1) is 20.4. The smallest absolute Gasteiger partial charge is 0.321 e. The molecule has 3 N–H and O–H groups in total. The number of carbonyl (C=O) groups is 2. The van der Waals surface area contributed by atoms with Gasteiger partial charge < -0.3 is 5.32 Å². The van der Waals surface area contributed by atoms with Crippen LogP contribution in [0.25, 0.3) is 0 Å². The summed E-state index contributed by atoms with van der Waals surface area (Å²) in [5.41, 5.74) is 2.46. The molecule has 0 unspecified atom stereocenters. The Kier molecular flexibility index (Phi) is 7.64. The third-order valence-electron chi connectivity index (χ3n) is 4.94. The van der Waals surface area contributed by atoms with E-state index in [9.17, 15) is 9.59 Å². The summed E-state index contributed by atoms with van der Waals surface area (Å²) in [6.45, 7) is 8.23. The van der Waals surface area contributed by atoms with Crippen molar-refractivity contribution in [3.63, 3.8) is 0 Å². The van der Waals surface area contributed by atoms with E-state index in [4.69, 9.17) is 0 Å². The standard InChI is InChI=1S/C21H33N3O2/c1-14(2)13-17-9-11-18(12-10-17)15(3)22-16(4)20(25)24-21(26)23-19-7-5-6-8-19/h9-12,14-16,19,22H,5-8,13H2,1-4H3,(H2,23,24,25,26)/t15-,16-/m1/s1. The number of hydrogen-bond donors (Lipinski definition) is 3. The Morgan fingerprint density at radius 1 is 1.04 bits per heavy atom. The van der Waals surface area contributed by atoms with Gasteiger partial charge in [-0.3, -0.25) is 15.4 Å². The topological polar surface area (TPSA) is 70.2 Å². The van der Waals surface area contributed by atoms with Gasteiger partial charge in [-0.15, -0.1) is 0 Å². The van der Waals surface area contributed by atoms with Crippen LogP contribution in [0.1, 0.15) is 70.5 Å². The number of hydrogen-bond acceptors (Lipinski definition) is 3. The highest BCUT2D eigenvalue weighted by Crippen LogP contribution is 2.18. The van der Waals surface area contributed by atoms with Crippen LogP contribution in [0.3, 0.4) is 0 Å². The van der Waals surface area contributed by atoms with Gasteiger partial charge in [0.05, 0.1) is 6.04 Å². The van der Waals surface area contributed by atoms with E-state index in [1.165, 1.54) is 5.56 Å². The molecule has 0 saturated heterocycles. The molecule has 0 bridgehead atoms. The first-order chi connectivity index (χ1) is 12.3. The molecule has 5 nitrogen and oxygen atoms in total. The lowest BCUT2D eigenvalue weighted by Gasteiger charge is -2.20. The molecule has 2 rings (SSSR count). The average Bonchev–Trinajstić information content (AvgIpc) is 3.07. The van der Waals surface area contributed by atoms with Crippen molar-refractivity contribution in [1.29, 1.82) is 0 Å². The van der Waals surface area contributed by atoms with Crippen LogP contribution in [-0.4, -0.2) is 24.0 Å². The molecule has 1 fully saturated rings. The zero-order chi connectivity index (χ0) is 19.1. The highest BCUT2D eigenvalue weighted by Gasteiger charge is 2.21. The van der Waals surface area contributed by atoms with Gasteiger partial charge in [0.2, 0.25) is 5.91 Å². The largest absolute Gasteiger partial charge is 0.335 e. The SMILES string of the molecule is CC(C)Cc1ccc([C@@H](C)N[C@H](C)C(=O)NC(=O)NC2CCCC2)cc1. The zero-order valence-electron chi connectivity index (χ0n) is 16.5. The van der Waals surface area contributed by atoms with E-state index in [0.29, 0.717) is 5.92 Å². The predicted octanol–water partition coefficient (Wildman–Crippen LogP) is 3.69. The molecule has 0 aromatic heterocycles. The van der Waals surface area contributed by atoms with Crippen LogP contribution in [0.4, 0.5) is 4.79 Å². The average molecular weight is 360 g/mol. The molecular formula is C21H33N3O2. The van der Waals surface area contributed by atoms with Gasteiger partial charge in [-0.05, 0) is 50.2 Å². The van der Waals surface area contributed by atoms with Crippen molar-refractivity contribution in [2.24, 2.45) is 5.92 Å². The lowest BCUT2D eigenvalue weighted by Crippen LogP contribution is -2.50. The predicted molar refractivity (Wildman–Crippen MR) is 105 cm³/mol. The zero-order valence-corrected chi connectivity index (χ0v) is 16.5. The van der Waals surface area contributed by atoms with Gasteiger partial charge in [0, 0.05) is 12.1 Å². The summed E-state index contributed by atoms with van der Waals surface area (Å²) in [7, 11) is 0. The Balaban J connectivity index is 1.80. The number of carbonyl (C=O) groups excluding carboxylic acids is 2. The summed E-state index contributed by atoms with van der Waals surface area (Å²) >= 11 is 0. The van der Waals surface area contributed by atoms with Gasteiger partial charge in [0.1, 0.15) is 0 Å². The Morgan fingerprint density at radius 3 is 2.23 bits per heavy atom. The van der Waals surface area contributed by atoms with E-state index < -0.39 is 6.04 Å². The van der Waals surface area contributed by atoms with Crippen LogP contribution >= 0.6 is 0 Å². The van der Waals surface area contributed by atoms with Gasteiger partial charge in [-0.25, -0.2) is 4.79 Å². The van der Waals surface area contributed by atoms with Crippen molar-refractivity contribution in [3.05, 3.63) is 35.4 Å². The van der Waals surface area contributed by atoms with Crippen molar-refractivity contribution < 1.29 is 9.59 Å². The molecule has 1 aliphatic rings. The number of urea groups is 1. The quantitative estimate of drug-likeness (QED) is 0.695. The number of benzene rings is 1. The second kappa shape index (κ2) is 9.72. The molecule has 1 saturated carbocycles. The molecule has 1 aromatic rings. The Bertz CT molecular complexity index is 592. The van der Waals surface area contributed by atoms with Gasteiger partial charge in [0.25, 0.3) is 0 Å². The minimum absolute atomic E-state index is 0.0294. The maximum absolute atomic E-state index is 12.2. The van der Waals surface area contributed by atoms with E-state index >= 15 is 0 Å². The Morgan fingerprint density at radius 2 is 1.65 bits per heavy atom. The number of nitrogens with one attached hydrogen (secondary N) is 3. The van der Waals surface area contributed by atoms with Crippen molar-refractivity contribution in [3.8, 4) is 0 Å². The van der Waals surface area contributed by atoms with Crippen molar-refractivity contribution in [2.75, 3.05) is 0 Å². The van der Waals surface area contributed by atoms with Crippen LogP contribution in [-0.2, 0) is 11.2 Å². The maximum atomic E-state index is 12.2. The molecule has 1 aliphatic carbocycles. The van der Waals surface area contributed by atoms with Crippen molar-refractivity contribution in [2.45, 2.75) is 77.9 Å². The summed E-state index contributed by atoms with van der Waals surface area (Å²) in [5.74, 6) is 0.333. The number of imide groups is 1. The molecule has 0 aliphatic heterocycles. The fraction of sp³-hybridized carbons (Fsp3) is 0.619. The lowest BCUT2D eigenvalue weighted by molar-refractivity contribution is -0.121. The molecule has 0 heterocycles. The second-order valence-corrected chi connectivity index (χ2v) is 7.89. The molecule has 0 radical (unpaired) electrons. The van der Waals surface area contributed by atoms with Crippen LogP contribution in [0.15, 0.2) is 24.3 Å². The summed E-state index contributed by atoms with van der Waals surface area (Å²) in [4.78, 5) is 24.2. The van der Waals surface area contributed by atoms with Crippen LogP contribution in [0, 0.1) is 5.92 Å². The Labute approximate surface area is 157 Å². The molecule has 5 heteroatoms. The summed E-state index contributed by atoms with van der Waals surface area (Å²) in [5, 5.41) is 8.58. The van der Waals surface area contributed by atoms with Gasteiger partial charge in [0.15, 0.2) is 0 Å². The van der Waals surface area contributed by atoms with Crippen molar-refractivity contribution >= 4 is 11.9 Å². The van der Waals surface area contributed by atoms with E-state index in [2.05, 4.69) is 54.1 Å². The maximum Gasteiger partial charge on any atom is 0.321 e. The Hall–Kier alpha value is -1.88. The molecular weight excluding hydrogens is 326 g/mol. The molecule has 144 valence electrons. The van der Waals surface area contributed by atoms with Gasteiger partial charge in [-0.2, -0.15) is 0 Å². The van der Waals surface area contributed by atoms with Gasteiger partial charge >= 0.3 is 6.03 Å². The first-order valence-corrected chi connectivity index (χ1v) is 9.81. The summed E-state index contributed by atoms with van der Waals surface area (Å²) in [6.07, 6.45) is 5.35. The van der Waals surface area contributed by atoms with Crippen LogP contribution in [0.2, 0.25) is 0 Å². The fourth-order valence-electron chi connectivity index (χ4n) is 3.47. The van der Waals surface area contributed by atoms with E-state index in [1.807, 2.05) is 6.92 Å². The second-order valence-electron chi connectivity index (χ2n) is 7.89. The first-order valence-electron chi connectivity index (χ1n) is 9.81. The monoisotopic (exact) mass is 359 g/mol. The lowest BCUT2D eigenvalue weighted by atomic mass is 9.99. The molecule has 1 aromatic carbocycles.